The van der Waals surface area contributed by atoms with Crippen LogP contribution in [0.15, 0.2) is 16.6 Å². The van der Waals surface area contributed by atoms with Crippen molar-refractivity contribution in [2.75, 3.05) is 18.4 Å². The number of rotatable bonds is 2. The van der Waals surface area contributed by atoms with Crippen LogP contribution in [-0.2, 0) is 0 Å². The minimum atomic E-state index is 0.651. The maximum Gasteiger partial charge on any atom is 0.0402 e. The number of hydrogen-bond donors (Lipinski definition) is 1. The summed E-state index contributed by atoms with van der Waals surface area (Å²) in [5.74, 6) is 0. The molecule has 1 aromatic carbocycles. The predicted molar refractivity (Wildman–Crippen MR) is 84.9 cm³/mol. The smallest absolute Gasteiger partial charge is 0.0402 e. The Balaban J connectivity index is 1.72. The highest BCUT2D eigenvalue weighted by molar-refractivity contribution is 9.10. The fraction of sp³-hybridized carbons (Fsp3) is 0.625. The van der Waals surface area contributed by atoms with Crippen molar-refractivity contribution in [1.82, 2.24) is 4.90 Å². The lowest BCUT2D eigenvalue weighted by molar-refractivity contribution is 0.188. The molecule has 2 unspecified atom stereocenters. The molecule has 1 N–H and O–H groups in total. The van der Waals surface area contributed by atoms with Gasteiger partial charge in [0, 0.05) is 28.8 Å². The highest BCUT2D eigenvalue weighted by Crippen LogP contribution is 2.31. The minimum Gasteiger partial charge on any atom is -0.382 e. The SMILES string of the molecule is Cc1cc(Br)cc(C)c1NC1CCN2CCCC2C1. The molecule has 0 aromatic heterocycles. The zero-order chi connectivity index (χ0) is 13.4. The molecule has 2 aliphatic heterocycles. The van der Waals surface area contributed by atoms with E-state index < -0.39 is 0 Å². The second-order valence-corrected chi connectivity index (χ2v) is 7.03. The number of nitrogens with zero attached hydrogens (tertiary/aromatic N) is 1. The van der Waals surface area contributed by atoms with Gasteiger partial charge in [0.05, 0.1) is 0 Å². The minimum absolute atomic E-state index is 0.651. The molecule has 3 heteroatoms. The van der Waals surface area contributed by atoms with Gasteiger partial charge < -0.3 is 10.2 Å². The fourth-order valence-corrected chi connectivity index (χ4v) is 4.38. The Labute approximate surface area is 124 Å². The molecule has 2 aliphatic rings. The van der Waals surface area contributed by atoms with E-state index in [0.29, 0.717) is 6.04 Å². The average molecular weight is 323 g/mol. The Bertz CT molecular complexity index is 449. The molecule has 3 rings (SSSR count). The molecule has 0 aliphatic carbocycles. The zero-order valence-electron chi connectivity index (χ0n) is 11.9. The van der Waals surface area contributed by atoms with Crippen LogP contribution >= 0.6 is 15.9 Å². The van der Waals surface area contributed by atoms with E-state index in [1.807, 2.05) is 0 Å². The summed E-state index contributed by atoms with van der Waals surface area (Å²) in [6.45, 7) is 7.00. The summed E-state index contributed by atoms with van der Waals surface area (Å²) in [4.78, 5) is 2.68. The third-order valence-corrected chi connectivity index (χ3v) is 5.12. The fourth-order valence-electron chi connectivity index (χ4n) is 3.70. The first kappa shape index (κ1) is 13.4. The van der Waals surface area contributed by atoms with Crippen molar-refractivity contribution in [3.05, 3.63) is 27.7 Å². The van der Waals surface area contributed by atoms with Crippen LogP contribution in [0.2, 0.25) is 0 Å². The van der Waals surface area contributed by atoms with Gasteiger partial charge >= 0.3 is 0 Å². The Kier molecular flexibility index (Phi) is 3.86. The van der Waals surface area contributed by atoms with Crippen LogP contribution < -0.4 is 5.32 Å². The molecule has 0 saturated carbocycles. The number of halogens is 1. The van der Waals surface area contributed by atoms with Gasteiger partial charge in [-0.3, -0.25) is 0 Å². The maximum absolute atomic E-state index is 3.81. The number of hydrogen-bond acceptors (Lipinski definition) is 2. The van der Waals surface area contributed by atoms with Crippen molar-refractivity contribution < 1.29 is 0 Å². The number of benzene rings is 1. The largest absolute Gasteiger partial charge is 0.382 e. The predicted octanol–water partition coefficient (Wildman–Crippen LogP) is 4.10. The molecule has 0 spiro atoms. The van der Waals surface area contributed by atoms with Crippen LogP contribution in [0.25, 0.3) is 0 Å². The second kappa shape index (κ2) is 5.45. The third kappa shape index (κ3) is 2.82. The molecule has 1 aromatic rings. The van der Waals surface area contributed by atoms with E-state index in [9.17, 15) is 0 Å². The van der Waals surface area contributed by atoms with Crippen LogP contribution in [-0.4, -0.2) is 30.1 Å². The summed E-state index contributed by atoms with van der Waals surface area (Å²) in [7, 11) is 0. The van der Waals surface area contributed by atoms with Crippen molar-refractivity contribution >= 4 is 21.6 Å². The topological polar surface area (TPSA) is 15.3 Å². The molecule has 2 atom stereocenters. The van der Waals surface area contributed by atoms with Gasteiger partial charge in [-0.25, -0.2) is 0 Å². The second-order valence-electron chi connectivity index (χ2n) is 6.11. The van der Waals surface area contributed by atoms with Gasteiger partial charge in [-0.1, -0.05) is 15.9 Å². The summed E-state index contributed by atoms with van der Waals surface area (Å²) in [5.41, 5.74) is 4.04. The monoisotopic (exact) mass is 322 g/mol. The molecule has 2 fully saturated rings. The summed E-state index contributed by atoms with van der Waals surface area (Å²) in [6, 6.07) is 5.90. The van der Waals surface area contributed by atoms with Crippen molar-refractivity contribution in [2.24, 2.45) is 0 Å². The number of anilines is 1. The highest BCUT2D eigenvalue weighted by atomic mass is 79.9. The standard InChI is InChI=1S/C16H23BrN2/c1-11-8-13(17)9-12(2)16(11)18-14-5-7-19-6-3-4-15(19)10-14/h8-9,14-15,18H,3-7,10H2,1-2H3. The third-order valence-electron chi connectivity index (χ3n) is 4.67. The van der Waals surface area contributed by atoms with E-state index in [4.69, 9.17) is 0 Å². The Morgan fingerprint density at radius 3 is 2.63 bits per heavy atom. The van der Waals surface area contributed by atoms with Crippen LogP contribution in [0.4, 0.5) is 5.69 Å². The quantitative estimate of drug-likeness (QED) is 0.881. The molecule has 104 valence electrons. The van der Waals surface area contributed by atoms with Crippen LogP contribution in [0.3, 0.4) is 0 Å². The lowest BCUT2D eigenvalue weighted by Gasteiger charge is -2.36. The first-order valence-corrected chi connectivity index (χ1v) is 8.20. The normalized spacial score (nSPS) is 27.3. The van der Waals surface area contributed by atoms with Crippen molar-refractivity contribution in [1.29, 1.82) is 0 Å². The summed E-state index contributed by atoms with van der Waals surface area (Å²) in [5, 5.41) is 3.81. The van der Waals surface area contributed by atoms with Gasteiger partial charge in [-0.2, -0.15) is 0 Å². The lowest BCUT2D eigenvalue weighted by Crippen LogP contribution is -2.42. The van der Waals surface area contributed by atoms with Gasteiger partial charge in [0.1, 0.15) is 0 Å². The number of piperidine rings is 1. The lowest BCUT2D eigenvalue weighted by atomic mass is 9.96. The average Bonchev–Trinajstić information content (AvgIpc) is 2.81. The van der Waals surface area contributed by atoms with E-state index in [1.165, 1.54) is 60.1 Å². The molecule has 0 radical (unpaired) electrons. The van der Waals surface area contributed by atoms with Gasteiger partial charge in [0.15, 0.2) is 0 Å². The van der Waals surface area contributed by atoms with E-state index >= 15 is 0 Å². The Morgan fingerprint density at radius 1 is 1.16 bits per heavy atom. The molecule has 2 nitrogen and oxygen atoms in total. The van der Waals surface area contributed by atoms with E-state index in [1.54, 1.807) is 0 Å². The Hall–Kier alpha value is -0.540. The van der Waals surface area contributed by atoms with Gasteiger partial charge in [0.2, 0.25) is 0 Å². The summed E-state index contributed by atoms with van der Waals surface area (Å²) in [6.07, 6.45) is 5.39. The highest BCUT2D eigenvalue weighted by Gasteiger charge is 2.31. The number of aryl methyl sites for hydroxylation is 2. The first-order chi connectivity index (χ1) is 9.13. The molecular weight excluding hydrogens is 300 g/mol. The van der Waals surface area contributed by atoms with Gasteiger partial charge in [0.25, 0.3) is 0 Å². The molecule has 19 heavy (non-hydrogen) atoms. The van der Waals surface area contributed by atoms with Gasteiger partial charge in [-0.15, -0.1) is 0 Å². The zero-order valence-corrected chi connectivity index (χ0v) is 13.5. The summed E-state index contributed by atoms with van der Waals surface area (Å²) < 4.78 is 1.18. The molecule has 0 bridgehead atoms. The van der Waals surface area contributed by atoms with Gasteiger partial charge in [-0.05, 0) is 69.3 Å². The van der Waals surface area contributed by atoms with Crippen molar-refractivity contribution in [3.8, 4) is 0 Å². The first-order valence-electron chi connectivity index (χ1n) is 7.41. The van der Waals surface area contributed by atoms with Crippen LogP contribution in [0, 0.1) is 13.8 Å². The Morgan fingerprint density at radius 2 is 1.89 bits per heavy atom. The molecule has 2 saturated heterocycles. The van der Waals surface area contributed by atoms with Crippen molar-refractivity contribution in [3.63, 3.8) is 0 Å². The van der Waals surface area contributed by atoms with E-state index in [-0.39, 0.29) is 0 Å². The van der Waals surface area contributed by atoms with Crippen molar-refractivity contribution in [2.45, 2.75) is 51.6 Å². The molecule has 0 amide bonds. The van der Waals surface area contributed by atoms with Crippen LogP contribution in [0.1, 0.15) is 36.8 Å². The number of nitrogens with one attached hydrogen (secondary N) is 1. The maximum atomic E-state index is 3.81. The van der Waals surface area contributed by atoms with Crippen LogP contribution in [0.5, 0.6) is 0 Å². The van der Waals surface area contributed by atoms with E-state index in [2.05, 4.69) is 52.1 Å². The van der Waals surface area contributed by atoms with E-state index in [0.717, 1.165) is 6.04 Å². The number of fused-ring (bicyclic) bond motifs is 1. The molecule has 2 heterocycles. The summed E-state index contributed by atoms with van der Waals surface area (Å²) >= 11 is 3.57. The molecular formula is C16H23BrN2.